The van der Waals surface area contributed by atoms with Crippen LogP contribution >= 0.6 is 11.6 Å². The quantitative estimate of drug-likeness (QED) is 0.787. The summed E-state index contributed by atoms with van der Waals surface area (Å²) in [6.07, 6.45) is 1.54. The number of halogens is 2. The largest absolute Gasteiger partial charge is 0.503 e. The zero-order valence-corrected chi connectivity index (χ0v) is 12.8. The van der Waals surface area contributed by atoms with E-state index in [1.807, 2.05) is 0 Å². The second-order valence-electron chi connectivity index (χ2n) is 5.15. The fourth-order valence-corrected chi connectivity index (χ4v) is 2.49. The number of rotatable bonds is 3. The van der Waals surface area contributed by atoms with Crippen molar-refractivity contribution in [3.63, 3.8) is 0 Å². The van der Waals surface area contributed by atoms with Crippen molar-refractivity contribution in [3.05, 3.63) is 87.6 Å². The van der Waals surface area contributed by atoms with Gasteiger partial charge in [0, 0.05) is 22.3 Å². The van der Waals surface area contributed by atoms with E-state index in [4.69, 9.17) is 11.6 Å². The molecule has 23 heavy (non-hydrogen) atoms. The summed E-state index contributed by atoms with van der Waals surface area (Å²) in [5, 5.41) is 10.5. The van der Waals surface area contributed by atoms with Crippen molar-refractivity contribution in [2.45, 2.75) is 6.54 Å². The molecule has 0 saturated carbocycles. The Morgan fingerprint density at radius 2 is 1.78 bits per heavy atom. The highest BCUT2D eigenvalue weighted by Crippen LogP contribution is 2.24. The molecule has 1 heterocycles. The summed E-state index contributed by atoms with van der Waals surface area (Å²) < 4.78 is 15.3. The van der Waals surface area contributed by atoms with Gasteiger partial charge in [0.2, 0.25) is 0 Å². The van der Waals surface area contributed by atoms with Crippen molar-refractivity contribution >= 4 is 11.6 Å². The lowest BCUT2D eigenvalue weighted by Gasteiger charge is -2.10. The fourth-order valence-electron chi connectivity index (χ4n) is 2.37. The third kappa shape index (κ3) is 3.27. The molecule has 5 heteroatoms. The lowest BCUT2D eigenvalue weighted by atomic mass is 10.1. The minimum atomic E-state index is -0.528. The van der Waals surface area contributed by atoms with Crippen LogP contribution in [0.15, 0.2) is 65.6 Å². The molecular formula is C18H13ClFNO2. The number of benzene rings is 2. The minimum Gasteiger partial charge on any atom is -0.503 e. The Hall–Kier alpha value is -2.59. The smallest absolute Gasteiger partial charge is 0.292 e. The molecule has 0 amide bonds. The standard InChI is InChI=1S/C18H13ClFNO2/c19-14-7-5-12(6-8-14)10-21-11-13(9-17(22)18(21)23)15-3-1-2-4-16(15)20/h1-9,11,22H,10H2. The summed E-state index contributed by atoms with van der Waals surface area (Å²) in [4.78, 5) is 12.1. The molecule has 0 unspecified atom stereocenters. The van der Waals surface area contributed by atoms with Crippen LogP contribution in [0.1, 0.15) is 5.56 Å². The Morgan fingerprint density at radius 1 is 1.09 bits per heavy atom. The molecule has 3 aromatic rings. The lowest BCUT2D eigenvalue weighted by Crippen LogP contribution is -2.20. The average Bonchev–Trinajstić information content (AvgIpc) is 2.54. The molecule has 0 spiro atoms. The van der Waals surface area contributed by atoms with E-state index in [2.05, 4.69) is 0 Å². The van der Waals surface area contributed by atoms with E-state index < -0.39 is 17.1 Å². The zero-order valence-electron chi connectivity index (χ0n) is 12.0. The number of nitrogens with zero attached hydrogens (tertiary/aromatic N) is 1. The summed E-state index contributed by atoms with van der Waals surface area (Å²) in [6, 6.07) is 14.5. The van der Waals surface area contributed by atoms with Gasteiger partial charge >= 0.3 is 0 Å². The van der Waals surface area contributed by atoms with Crippen molar-refractivity contribution in [2.75, 3.05) is 0 Å². The van der Waals surface area contributed by atoms with Crippen LogP contribution in [0.5, 0.6) is 5.75 Å². The molecule has 3 rings (SSSR count). The maximum absolute atomic E-state index is 13.9. The third-order valence-corrected chi connectivity index (χ3v) is 3.77. The van der Waals surface area contributed by atoms with Gasteiger partial charge in [0.05, 0.1) is 6.54 Å². The summed E-state index contributed by atoms with van der Waals surface area (Å²) in [5.74, 6) is -0.830. The fraction of sp³-hybridized carbons (Fsp3) is 0.0556. The van der Waals surface area contributed by atoms with Crippen LogP contribution < -0.4 is 5.56 Å². The van der Waals surface area contributed by atoms with Crippen LogP contribution in [-0.4, -0.2) is 9.67 Å². The number of hydrogen-bond acceptors (Lipinski definition) is 2. The topological polar surface area (TPSA) is 42.2 Å². The van der Waals surface area contributed by atoms with Gasteiger partial charge in [-0.1, -0.05) is 41.9 Å². The van der Waals surface area contributed by atoms with Gasteiger partial charge in [-0.2, -0.15) is 0 Å². The first kappa shape index (κ1) is 15.3. The van der Waals surface area contributed by atoms with Gasteiger partial charge in [-0.15, -0.1) is 0 Å². The van der Waals surface area contributed by atoms with Gasteiger partial charge in [0.15, 0.2) is 5.75 Å². The van der Waals surface area contributed by atoms with Crippen molar-refractivity contribution in [3.8, 4) is 16.9 Å². The third-order valence-electron chi connectivity index (χ3n) is 3.52. The van der Waals surface area contributed by atoms with E-state index in [0.717, 1.165) is 5.56 Å². The van der Waals surface area contributed by atoms with Gasteiger partial charge in [-0.25, -0.2) is 4.39 Å². The van der Waals surface area contributed by atoms with Crippen molar-refractivity contribution < 1.29 is 9.50 Å². The highest BCUT2D eigenvalue weighted by molar-refractivity contribution is 6.30. The molecule has 1 aromatic heterocycles. The second-order valence-corrected chi connectivity index (χ2v) is 5.59. The maximum Gasteiger partial charge on any atom is 0.292 e. The van der Waals surface area contributed by atoms with Crippen molar-refractivity contribution in [1.29, 1.82) is 0 Å². The van der Waals surface area contributed by atoms with E-state index in [1.54, 1.807) is 42.5 Å². The molecule has 0 fully saturated rings. The number of hydrogen-bond donors (Lipinski definition) is 1. The van der Waals surface area contributed by atoms with Crippen LogP contribution in [-0.2, 0) is 6.54 Å². The molecule has 2 aromatic carbocycles. The van der Waals surface area contributed by atoms with E-state index in [-0.39, 0.29) is 6.54 Å². The number of aromatic hydroxyl groups is 1. The first-order valence-corrected chi connectivity index (χ1v) is 7.35. The first-order valence-electron chi connectivity index (χ1n) is 6.97. The zero-order chi connectivity index (χ0) is 16.4. The molecule has 1 N–H and O–H groups in total. The van der Waals surface area contributed by atoms with Crippen molar-refractivity contribution in [2.24, 2.45) is 0 Å². The first-order chi connectivity index (χ1) is 11.0. The SMILES string of the molecule is O=c1c(O)cc(-c2ccccc2F)cn1Cc1ccc(Cl)cc1. The molecule has 0 saturated heterocycles. The summed E-state index contributed by atoms with van der Waals surface area (Å²) in [5.41, 5.74) is 1.09. The van der Waals surface area contributed by atoms with Crippen LogP contribution in [0, 0.1) is 5.82 Å². The molecule has 0 bridgehead atoms. The van der Waals surface area contributed by atoms with Crippen LogP contribution in [0.4, 0.5) is 4.39 Å². The van der Waals surface area contributed by atoms with E-state index in [0.29, 0.717) is 16.1 Å². The molecule has 0 atom stereocenters. The highest BCUT2D eigenvalue weighted by atomic mass is 35.5. The molecule has 0 aliphatic rings. The van der Waals surface area contributed by atoms with E-state index in [1.165, 1.54) is 22.9 Å². The Labute approximate surface area is 137 Å². The Bertz CT molecular complexity index is 904. The Kier molecular flexibility index (Phi) is 4.17. The van der Waals surface area contributed by atoms with Crippen molar-refractivity contribution in [1.82, 2.24) is 4.57 Å². The predicted molar refractivity (Wildman–Crippen MR) is 88.3 cm³/mol. The van der Waals surface area contributed by atoms with Crippen LogP contribution in [0.3, 0.4) is 0 Å². The summed E-state index contributed by atoms with van der Waals surface area (Å²) in [6.45, 7) is 0.256. The van der Waals surface area contributed by atoms with Gasteiger partial charge in [0.1, 0.15) is 5.82 Å². The van der Waals surface area contributed by atoms with Crippen LogP contribution in [0.25, 0.3) is 11.1 Å². The van der Waals surface area contributed by atoms with Gasteiger partial charge < -0.3 is 9.67 Å². The predicted octanol–water partition coefficient (Wildman–Crippen LogP) is 4.06. The lowest BCUT2D eigenvalue weighted by molar-refractivity contribution is 0.459. The van der Waals surface area contributed by atoms with Gasteiger partial charge in [-0.3, -0.25) is 4.79 Å². The van der Waals surface area contributed by atoms with Gasteiger partial charge in [-0.05, 0) is 29.8 Å². The Balaban J connectivity index is 2.05. The summed E-state index contributed by atoms with van der Waals surface area (Å²) >= 11 is 5.84. The molecule has 0 radical (unpaired) electrons. The molecule has 0 aliphatic carbocycles. The maximum atomic E-state index is 13.9. The number of aromatic nitrogens is 1. The Morgan fingerprint density at radius 3 is 2.48 bits per heavy atom. The van der Waals surface area contributed by atoms with E-state index in [9.17, 15) is 14.3 Å². The highest BCUT2D eigenvalue weighted by Gasteiger charge is 2.10. The second kappa shape index (κ2) is 6.26. The monoisotopic (exact) mass is 329 g/mol. The minimum absolute atomic E-state index is 0.256. The normalized spacial score (nSPS) is 10.7. The molecule has 0 aliphatic heterocycles. The van der Waals surface area contributed by atoms with Crippen LogP contribution in [0.2, 0.25) is 5.02 Å². The molecular weight excluding hydrogens is 317 g/mol. The molecule has 116 valence electrons. The van der Waals surface area contributed by atoms with E-state index >= 15 is 0 Å². The summed E-state index contributed by atoms with van der Waals surface area (Å²) in [7, 11) is 0. The molecule has 3 nitrogen and oxygen atoms in total. The van der Waals surface area contributed by atoms with Gasteiger partial charge in [0.25, 0.3) is 5.56 Å². The average molecular weight is 330 g/mol. The number of pyridine rings is 1.